The lowest BCUT2D eigenvalue weighted by atomic mass is 10.1. The van der Waals surface area contributed by atoms with Gasteiger partial charge < -0.3 is 15.0 Å². The Hall–Kier alpha value is -2.67. The Morgan fingerprint density at radius 3 is 2.37 bits per heavy atom. The van der Waals surface area contributed by atoms with E-state index in [1.807, 2.05) is 58.0 Å². The summed E-state index contributed by atoms with van der Waals surface area (Å²) in [5.41, 5.74) is 5.64. The predicted octanol–water partition coefficient (Wildman–Crippen LogP) is 4.22. The first kappa shape index (κ1) is 22.0. The fraction of sp³-hybridized carbons (Fsp3) is 0.348. The third kappa shape index (κ3) is 4.90. The van der Waals surface area contributed by atoms with Gasteiger partial charge in [-0.2, -0.15) is 0 Å². The summed E-state index contributed by atoms with van der Waals surface area (Å²) in [4.78, 5) is 38.6. The second kappa shape index (κ2) is 9.00. The molecule has 1 aliphatic heterocycles. The lowest BCUT2D eigenvalue weighted by Gasteiger charge is -2.18. The minimum atomic E-state index is -0.580. The highest BCUT2D eigenvalue weighted by Crippen LogP contribution is 2.28. The van der Waals surface area contributed by atoms with Crippen molar-refractivity contribution in [3.63, 3.8) is 0 Å². The van der Waals surface area contributed by atoms with Crippen LogP contribution in [0.15, 0.2) is 34.8 Å². The van der Waals surface area contributed by atoms with Gasteiger partial charge in [0, 0.05) is 28.8 Å². The summed E-state index contributed by atoms with van der Waals surface area (Å²) in [5.74, 6) is -1.65. The summed E-state index contributed by atoms with van der Waals surface area (Å²) in [6.45, 7) is 7.73. The summed E-state index contributed by atoms with van der Waals surface area (Å²) in [6, 6.07) is 9.46. The Kier molecular flexibility index (Phi) is 6.61. The molecule has 0 spiro atoms. The van der Waals surface area contributed by atoms with Crippen molar-refractivity contribution in [3.8, 4) is 0 Å². The molecule has 0 unspecified atom stereocenters. The van der Waals surface area contributed by atoms with Crippen molar-refractivity contribution in [2.24, 2.45) is 5.92 Å². The summed E-state index contributed by atoms with van der Waals surface area (Å²) in [6.07, 6.45) is 0.0818. The Bertz CT molecular complexity index is 995. The smallest absolute Gasteiger partial charge is 0.311 e. The molecule has 30 heavy (non-hydrogen) atoms. The number of benzene rings is 2. The van der Waals surface area contributed by atoms with Crippen LogP contribution in [-0.2, 0) is 19.1 Å². The molecule has 0 aromatic heterocycles. The van der Waals surface area contributed by atoms with Crippen LogP contribution in [0.5, 0.6) is 0 Å². The lowest BCUT2D eigenvalue weighted by Crippen LogP contribution is -2.28. The number of nitrogens with one attached hydrogen (secondary N) is 1. The van der Waals surface area contributed by atoms with Crippen LogP contribution in [0.2, 0.25) is 0 Å². The zero-order valence-corrected chi connectivity index (χ0v) is 19.1. The third-order valence-corrected chi connectivity index (χ3v) is 6.58. The van der Waals surface area contributed by atoms with E-state index in [0.29, 0.717) is 5.69 Å². The monoisotopic (exact) mass is 472 g/mol. The van der Waals surface area contributed by atoms with Gasteiger partial charge in [-0.15, -0.1) is 0 Å². The molecular weight excluding hydrogens is 448 g/mol. The van der Waals surface area contributed by atoms with E-state index in [1.165, 1.54) is 0 Å². The molecule has 0 radical (unpaired) electrons. The molecule has 2 aromatic rings. The van der Waals surface area contributed by atoms with E-state index in [2.05, 4.69) is 21.2 Å². The van der Waals surface area contributed by atoms with Crippen LogP contribution < -0.4 is 10.2 Å². The van der Waals surface area contributed by atoms with Gasteiger partial charge >= 0.3 is 5.97 Å². The summed E-state index contributed by atoms with van der Waals surface area (Å²) in [7, 11) is 0. The molecule has 1 N–H and O–H groups in total. The van der Waals surface area contributed by atoms with Gasteiger partial charge in [-0.05, 0) is 74.2 Å². The van der Waals surface area contributed by atoms with Crippen LogP contribution in [0.25, 0.3) is 0 Å². The zero-order valence-electron chi connectivity index (χ0n) is 17.5. The zero-order chi connectivity index (χ0) is 22.0. The molecule has 0 aliphatic carbocycles. The number of halogens is 1. The number of ether oxygens (including phenoxy) is 1. The highest BCUT2D eigenvalue weighted by atomic mass is 79.9. The quantitative estimate of drug-likeness (QED) is 0.660. The van der Waals surface area contributed by atoms with Gasteiger partial charge in [-0.3, -0.25) is 14.4 Å². The fourth-order valence-electron chi connectivity index (χ4n) is 3.48. The first-order valence-corrected chi connectivity index (χ1v) is 10.6. The molecule has 1 saturated heterocycles. The summed E-state index contributed by atoms with van der Waals surface area (Å²) < 4.78 is 6.17. The van der Waals surface area contributed by atoms with Crippen LogP contribution in [0, 0.1) is 33.6 Å². The number of amides is 2. The van der Waals surface area contributed by atoms with E-state index in [-0.39, 0.29) is 25.5 Å². The fourth-order valence-corrected chi connectivity index (χ4v) is 3.71. The number of hydrogen-bond donors (Lipinski definition) is 1. The Labute approximate surface area is 184 Å². The number of carbonyl (C=O) groups excluding carboxylic acids is 3. The van der Waals surface area contributed by atoms with Gasteiger partial charge in [0.05, 0.1) is 5.92 Å². The molecule has 1 atom stereocenters. The van der Waals surface area contributed by atoms with E-state index < -0.39 is 17.8 Å². The van der Waals surface area contributed by atoms with Crippen molar-refractivity contribution in [1.29, 1.82) is 0 Å². The minimum absolute atomic E-state index is 0.0818. The van der Waals surface area contributed by atoms with Crippen molar-refractivity contribution in [2.75, 3.05) is 23.4 Å². The number of rotatable bonds is 5. The molecule has 6 nitrogen and oxygen atoms in total. The van der Waals surface area contributed by atoms with Crippen LogP contribution in [0.1, 0.15) is 28.7 Å². The first-order valence-electron chi connectivity index (χ1n) is 9.76. The predicted molar refractivity (Wildman–Crippen MR) is 120 cm³/mol. The summed E-state index contributed by atoms with van der Waals surface area (Å²) in [5, 5.41) is 2.74. The van der Waals surface area contributed by atoms with Crippen molar-refractivity contribution in [2.45, 2.75) is 34.1 Å². The summed E-state index contributed by atoms with van der Waals surface area (Å²) >= 11 is 3.49. The molecular formula is C23H25BrN2O4. The minimum Gasteiger partial charge on any atom is -0.455 e. The SMILES string of the molecule is Cc1ccc(N2C[C@H](C(=O)OCC(=O)Nc3cc(C)c(Br)c(C)c3)CC2=O)cc1C. The van der Waals surface area contributed by atoms with E-state index in [1.54, 1.807) is 4.90 Å². The van der Waals surface area contributed by atoms with Crippen molar-refractivity contribution in [3.05, 3.63) is 57.1 Å². The lowest BCUT2D eigenvalue weighted by molar-refractivity contribution is -0.151. The maximum absolute atomic E-state index is 12.4. The maximum Gasteiger partial charge on any atom is 0.311 e. The van der Waals surface area contributed by atoms with Gasteiger partial charge in [-0.25, -0.2) is 0 Å². The van der Waals surface area contributed by atoms with Gasteiger partial charge in [0.25, 0.3) is 5.91 Å². The third-order valence-electron chi connectivity index (χ3n) is 5.33. The molecule has 158 valence electrons. The number of anilines is 2. The van der Waals surface area contributed by atoms with E-state index in [9.17, 15) is 14.4 Å². The molecule has 2 amide bonds. The molecule has 0 bridgehead atoms. The van der Waals surface area contributed by atoms with E-state index in [4.69, 9.17) is 4.74 Å². The molecule has 0 saturated carbocycles. The molecule has 2 aromatic carbocycles. The Morgan fingerprint density at radius 1 is 1.07 bits per heavy atom. The highest BCUT2D eigenvalue weighted by molar-refractivity contribution is 9.10. The number of aryl methyl sites for hydroxylation is 4. The van der Waals surface area contributed by atoms with Crippen molar-refractivity contribution >= 4 is 45.1 Å². The highest BCUT2D eigenvalue weighted by Gasteiger charge is 2.36. The largest absolute Gasteiger partial charge is 0.455 e. The van der Waals surface area contributed by atoms with Gasteiger partial charge in [-0.1, -0.05) is 22.0 Å². The second-order valence-corrected chi connectivity index (χ2v) is 8.55. The Balaban J connectivity index is 1.55. The number of hydrogen-bond acceptors (Lipinski definition) is 4. The first-order chi connectivity index (χ1) is 14.2. The van der Waals surface area contributed by atoms with Crippen LogP contribution in [0.3, 0.4) is 0 Å². The normalized spacial score (nSPS) is 16.0. The van der Waals surface area contributed by atoms with Crippen LogP contribution in [-0.4, -0.2) is 30.9 Å². The van der Waals surface area contributed by atoms with E-state index >= 15 is 0 Å². The van der Waals surface area contributed by atoms with Gasteiger partial charge in [0.1, 0.15) is 0 Å². The standard InChI is InChI=1S/C23H25BrN2O4/c1-13-5-6-19(9-14(13)2)26-11-17(10-21(26)28)23(29)30-12-20(27)25-18-7-15(3)22(24)16(4)8-18/h5-9,17H,10-12H2,1-4H3,(H,25,27)/t17-/m1/s1. The van der Waals surface area contributed by atoms with Crippen molar-refractivity contribution < 1.29 is 19.1 Å². The molecule has 1 fully saturated rings. The molecule has 7 heteroatoms. The molecule has 1 heterocycles. The number of nitrogens with zero attached hydrogens (tertiary/aromatic N) is 1. The van der Waals surface area contributed by atoms with Gasteiger partial charge in [0.2, 0.25) is 5.91 Å². The van der Waals surface area contributed by atoms with Crippen LogP contribution >= 0.6 is 15.9 Å². The van der Waals surface area contributed by atoms with E-state index in [0.717, 1.165) is 32.4 Å². The molecule has 3 rings (SSSR count). The average molecular weight is 473 g/mol. The van der Waals surface area contributed by atoms with Crippen molar-refractivity contribution in [1.82, 2.24) is 0 Å². The van der Waals surface area contributed by atoms with Crippen LogP contribution in [0.4, 0.5) is 11.4 Å². The molecule has 1 aliphatic rings. The Morgan fingerprint density at radius 2 is 1.73 bits per heavy atom. The topological polar surface area (TPSA) is 75.7 Å². The number of esters is 1. The number of carbonyl (C=O) groups is 3. The average Bonchev–Trinajstić information content (AvgIpc) is 3.08. The second-order valence-electron chi connectivity index (χ2n) is 7.75. The maximum atomic E-state index is 12.4. The van der Waals surface area contributed by atoms with Gasteiger partial charge in [0.15, 0.2) is 6.61 Å².